The number of benzene rings is 2. The van der Waals surface area contributed by atoms with E-state index in [-0.39, 0.29) is 29.1 Å². The highest BCUT2D eigenvalue weighted by atomic mass is 32.2. The predicted octanol–water partition coefficient (Wildman–Crippen LogP) is 4.52. The van der Waals surface area contributed by atoms with Crippen LogP contribution in [0.15, 0.2) is 70.0 Å². The molecule has 7 nitrogen and oxygen atoms in total. The summed E-state index contributed by atoms with van der Waals surface area (Å²) in [4.78, 5) is 12.8. The molecule has 0 spiro atoms. The van der Waals surface area contributed by atoms with Crippen LogP contribution in [0.5, 0.6) is 5.75 Å². The quantitative estimate of drug-likeness (QED) is 0.467. The molecule has 0 saturated heterocycles. The minimum absolute atomic E-state index is 0.0942. The fraction of sp³-hybridized carbons (Fsp3) is 0.292. The number of furan rings is 1. The molecule has 2 aromatic carbocycles. The van der Waals surface area contributed by atoms with Crippen LogP contribution in [0, 0.1) is 5.82 Å². The van der Waals surface area contributed by atoms with E-state index in [2.05, 4.69) is 5.32 Å². The van der Waals surface area contributed by atoms with E-state index in [9.17, 15) is 17.6 Å². The number of hydrogen-bond donors (Lipinski definition) is 1. The van der Waals surface area contributed by atoms with E-state index in [4.69, 9.17) is 9.15 Å². The SMILES string of the molecule is CCN(CC)S(=O)(=O)c1ccc(C(C)NC(=O)c2ccc(COc3ccc(F)cc3)o2)cc1. The van der Waals surface area contributed by atoms with E-state index in [0.29, 0.717) is 24.6 Å². The van der Waals surface area contributed by atoms with E-state index in [1.807, 2.05) is 0 Å². The molecule has 0 aliphatic rings. The number of carbonyl (C=O) groups excluding carboxylic acids is 1. The lowest BCUT2D eigenvalue weighted by Crippen LogP contribution is -2.30. The predicted molar refractivity (Wildman–Crippen MR) is 122 cm³/mol. The summed E-state index contributed by atoms with van der Waals surface area (Å²) < 4.78 is 50.6. The van der Waals surface area contributed by atoms with Gasteiger partial charge in [0.2, 0.25) is 10.0 Å². The second-order valence-electron chi connectivity index (χ2n) is 7.36. The Hall–Kier alpha value is -3.17. The Morgan fingerprint density at radius 2 is 1.67 bits per heavy atom. The molecule has 0 bridgehead atoms. The fourth-order valence-corrected chi connectivity index (χ4v) is 4.71. The third-order valence-corrected chi connectivity index (χ3v) is 7.22. The van der Waals surface area contributed by atoms with Gasteiger partial charge in [-0.25, -0.2) is 12.8 Å². The minimum atomic E-state index is -3.53. The van der Waals surface area contributed by atoms with Crippen LogP contribution in [0.3, 0.4) is 0 Å². The number of nitrogens with one attached hydrogen (secondary N) is 1. The molecule has 1 atom stereocenters. The summed E-state index contributed by atoms with van der Waals surface area (Å²) in [5, 5.41) is 2.83. The van der Waals surface area contributed by atoms with E-state index in [1.165, 1.54) is 28.6 Å². The van der Waals surface area contributed by atoms with Gasteiger partial charge in [-0.05, 0) is 61.0 Å². The molecule has 1 amide bonds. The lowest BCUT2D eigenvalue weighted by Gasteiger charge is -2.19. The van der Waals surface area contributed by atoms with Crippen LogP contribution in [0.25, 0.3) is 0 Å². The first-order valence-corrected chi connectivity index (χ1v) is 12.1. The third kappa shape index (κ3) is 6.00. The van der Waals surface area contributed by atoms with Gasteiger partial charge in [-0.2, -0.15) is 4.31 Å². The molecular weight excluding hydrogens is 447 g/mol. The summed E-state index contributed by atoms with van der Waals surface area (Å²) in [5.74, 6) is 0.297. The molecular formula is C24H27FN2O5S. The van der Waals surface area contributed by atoms with Crippen LogP contribution >= 0.6 is 0 Å². The van der Waals surface area contributed by atoms with Crippen molar-refractivity contribution < 1.29 is 26.8 Å². The molecule has 1 unspecified atom stereocenters. The number of rotatable bonds is 10. The average Bonchev–Trinajstić information content (AvgIpc) is 3.29. The normalized spacial score (nSPS) is 12.5. The second kappa shape index (κ2) is 10.6. The van der Waals surface area contributed by atoms with Gasteiger partial charge in [0.15, 0.2) is 5.76 Å². The number of halogens is 1. The van der Waals surface area contributed by atoms with Crippen molar-refractivity contribution in [3.63, 3.8) is 0 Å². The highest BCUT2D eigenvalue weighted by molar-refractivity contribution is 7.89. The molecule has 1 N–H and O–H groups in total. The van der Waals surface area contributed by atoms with Gasteiger partial charge in [0.1, 0.15) is 23.9 Å². The number of nitrogens with zero attached hydrogens (tertiary/aromatic N) is 1. The summed E-state index contributed by atoms with van der Waals surface area (Å²) in [7, 11) is -3.53. The van der Waals surface area contributed by atoms with E-state index in [1.54, 1.807) is 57.2 Å². The van der Waals surface area contributed by atoms with Crippen LogP contribution in [0.1, 0.15) is 48.7 Å². The standard InChI is InChI=1S/C24H27FN2O5S/c1-4-27(5-2)33(29,30)22-13-6-18(7-14-22)17(3)26-24(28)23-15-12-21(32-23)16-31-20-10-8-19(25)9-11-20/h6-15,17H,4-5,16H2,1-3H3,(H,26,28). The average molecular weight is 475 g/mol. The highest BCUT2D eigenvalue weighted by Gasteiger charge is 2.22. The van der Waals surface area contributed by atoms with Crippen molar-refractivity contribution >= 4 is 15.9 Å². The summed E-state index contributed by atoms with van der Waals surface area (Å²) in [6, 6.07) is 14.9. The molecule has 33 heavy (non-hydrogen) atoms. The molecule has 9 heteroatoms. The third-order valence-electron chi connectivity index (χ3n) is 5.15. The number of sulfonamides is 1. The summed E-state index contributed by atoms with van der Waals surface area (Å²) in [6.07, 6.45) is 0. The molecule has 1 heterocycles. The molecule has 0 aliphatic heterocycles. The van der Waals surface area contributed by atoms with Gasteiger partial charge in [0, 0.05) is 13.1 Å². The van der Waals surface area contributed by atoms with Crippen molar-refractivity contribution in [2.75, 3.05) is 13.1 Å². The van der Waals surface area contributed by atoms with Crippen molar-refractivity contribution in [1.29, 1.82) is 0 Å². The van der Waals surface area contributed by atoms with E-state index < -0.39 is 15.9 Å². The van der Waals surface area contributed by atoms with E-state index >= 15 is 0 Å². The van der Waals surface area contributed by atoms with Gasteiger partial charge in [-0.1, -0.05) is 26.0 Å². The first-order chi connectivity index (χ1) is 15.7. The minimum Gasteiger partial charge on any atom is -0.486 e. The monoisotopic (exact) mass is 474 g/mol. The second-order valence-corrected chi connectivity index (χ2v) is 9.30. The topological polar surface area (TPSA) is 88.9 Å². The lowest BCUT2D eigenvalue weighted by atomic mass is 10.1. The first kappa shape index (κ1) is 24.5. The molecule has 3 aromatic rings. The molecule has 0 radical (unpaired) electrons. The lowest BCUT2D eigenvalue weighted by molar-refractivity contribution is 0.0907. The Bertz CT molecular complexity index is 1170. The Morgan fingerprint density at radius 3 is 2.27 bits per heavy atom. The Balaban J connectivity index is 1.59. The van der Waals surface area contributed by atoms with Crippen molar-refractivity contribution in [2.24, 2.45) is 0 Å². The Labute approximate surface area is 193 Å². The molecule has 1 aromatic heterocycles. The van der Waals surface area contributed by atoms with Crippen molar-refractivity contribution in [2.45, 2.75) is 38.3 Å². The van der Waals surface area contributed by atoms with Gasteiger partial charge in [-0.15, -0.1) is 0 Å². The van der Waals surface area contributed by atoms with Gasteiger partial charge in [0.05, 0.1) is 10.9 Å². The Kier molecular flexibility index (Phi) is 7.88. The maximum Gasteiger partial charge on any atom is 0.287 e. The fourth-order valence-electron chi connectivity index (χ4n) is 3.25. The zero-order valence-corrected chi connectivity index (χ0v) is 19.6. The van der Waals surface area contributed by atoms with E-state index in [0.717, 1.165) is 5.56 Å². The zero-order valence-electron chi connectivity index (χ0n) is 18.7. The van der Waals surface area contributed by atoms with Crippen molar-refractivity contribution in [3.8, 4) is 5.75 Å². The zero-order chi connectivity index (χ0) is 24.0. The maximum absolute atomic E-state index is 13.0. The van der Waals surface area contributed by atoms with Crippen LogP contribution in [-0.2, 0) is 16.6 Å². The van der Waals surface area contributed by atoms with Crippen LogP contribution < -0.4 is 10.1 Å². The number of amides is 1. The molecule has 3 rings (SSSR count). The van der Waals surface area contributed by atoms with Gasteiger partial charge in [0.25, 0.3) is 5.91 Å². The highest BCUT2D eigenvalue weighted by Crippen LogP contribution is 2.20. The van der Waals surface area contributed by atoms with Gasteiger partial charge < -0.3 is 14.5 Å². The van der Waals surface area contributed by atoms with Gasteiger partial charge in [-0.3, -0.25) is 4.79 Å². The molecule has 0 fully saturated rings. The molecule has 176 valence electrons. The van der Waals surface area contributed by atoms with Crippen LogP contribution in [0.4, 0.5) is 4.39 Å². The number of carbonyl (C=O) groups is 1. The Morgan fingerprint density at radius 1 is 1.03 bits per heavy atom. The summed E-state index contributed by atoms with van der Waals surface area (Å²) in [6.45, 7) is 6.27. The molecule has 0 aliphatic carbocycles. The number of ether oxygens (including phenoxy) is 1. The number of hydrogen-bond acceptors (Lipinski definition) is 5. The van der Waals surface area contributed by atoms with Crippen LogP contribution in [0.2, 0.25) is 0 Å². The van der Waals surface area contributed by atoms with Crippen molar-refractivity contribution in [3.05, 3.63) is 83.6 Å². The van der Waals surface area contributed by atoms with Gasteiger partial charge >= 0.3 is 0 Å². The summed E-state index contributed by atoms with van der Waals surface area (Å²) in [5.41, 5.74) is 0.758. The van der Waals surface area contributed by atoms with Crippen molar-refractivity contribution in [1.82, 2.24) is 9.62 Å². The van der Waals surface area contributed by atoms with Crippen LogP contribution in [-0.4, -0.2) is 31.7 Å². The first-order valence-electron chi connectivity index (χ1n) is 10.6. The maximum atomic E-state index is 13.0. The smallest absolute Gasteiger partial charge is 0.287 e. The summed E-state index contributed by atoms with van der Waals surface area (Å²) >= 11 is 0. The molecule has 0 saturated carbocycles. The largest absolute Gasteiger partial charge is 0.486 e.